The van der Waals surface area contributed by atoms with Gasteiger partial charge < -0.3 is 15.4 Å². The van der Waals surface area contributed by atoms with Gasteiger partial charge in [0, 0.05) is 19.3 Å². The molecule has 1 saturated carbocycles. The van der Waals surface area contributed by atoms with E-state index in [1.165, 1.54) is 24.0 Å². The summed E-state index contributed by atoms with van der Waals surface area (Å²) in [6.45, 7) is 1.98. The number of aromatic nitrogens is 5. The van der Waals surface area contributed by atoms with Crippen molar-refractivity contribution in [2.24, 2.45) is 5.41 Å². The van der Waals surface area contributed by atoms with Crippen LogP contribution < -0.4 is 15.4 Å². The van der Waals surface area contributed by atoms with Crippen LogP contribution in [0.25, 0.3) is 22.2 Å². The Bertz CT molecular complexity index is 1480. The van der Waals surface area contributed by atoms with E-state index in [-0.39, 0.29) is 28.8 Å². The molecule has 11 heteroatoms. The highest BCUT2D eigenvalue weighted by Crippen LogP contribution is 2.37. The molecular weight excluding hydrogens is 451 g/mol. The molecule has 0 bridgehead atoms. The number of anilines is 1. The molecule has 180 valence electrons. The van der Waals surface area contributed by atoms with Gasteiger partial charge in [-0.05, 0) is 50.3 Å². The van der Waals surface area contributed by atoms with Gasteiger partial charge in [0.05, 0.1) is 47.6 Å². The number of carbonyl (C=O) groups excluding carboxylic acids is 1. The molecule has 4 aromatic rings. The number of carbonyl (C=O) groups is 1. The summed E-state index contributed by atoms with van der Waals surface area (Å²) in [5.41, 5.74) is 1.80. The molecule has 1 aliphatic carbocycles. The molecule has 35 heavy (non-hydrogen) atoms. The average molecular weight is 477 g/mol. The van der Waals surface area contributed by atoms with Crippen molar-refractivity contribution in [3.63, 3.8) is 0 Å². The fourth-order valence-corrected chi connectivity index (χ4v) is 4.64. The van der Waals surface area contributed by atoms with Crippen LogP contribution in [0.4, 0.5) is 10.3 Å². The monoisotopic (exact) mass is 476 g/mol. The van der Waals surface area contributed by atoms with Crippen LogP contribution in [0.15, 0.2) is 30.7 Å². The third-order valence-corrected chi connectivity index (χ3v) is 6.72. The molecule has 0 aromatic carbocycles. The summed E-state index contributed by atoms with van der Waals surface area (Å²) in [6, 6.07) is 5.94. The summed E-state index contributed by atoms with van der Waals surface area (Å²) in [5.74, 6) is -0.232. The lowest BCUT2D eigenvalue weighted by Gasteiger charge is -2.32. The molecule has 0 radical (unpaired) electrons. The van der Waals surface area contributed by atoms with E-state index in [0.717, 1.165) is 25.7 Å². The molecule has 1 aliphatic rings. The summed E-state index contributed by atoms with van der Waals surface area (Å²) < 4.78 is 23.8. The summed E-state index contributed by atoms with van der Waals surface area (Å²) in [6.07, 6.45) is 7.64. The van der Waals surface area contributed by atoms with Crippen molar-refractivity contribution in [3.05, 3.63) is 42.1 Å². The Hall–Kier alpha value is -4.20. The molecule has 4 heterocycles. The standard InChI is InChI=1S/C24H25FN8O2/c1-24(13-26)7-4-15(5-8-24)29-23-30-22(35-3)20-19(17(25)12-33(20)31-23)14-6-9-32-18(10-14)16(11-28-32)21(34)27-2/h6,9-12,15H,4-5,7-8H2,1-3H3,(H,27,34)(H,29,31). The fraction of sp³-hybridized carbons (Fsp3) is 0.375. The lowest BCUT2D eigenvalue weighted by atomic mass is 9.75. The average Bonchev–Trinajstić information content (AvgIpc) is 3.44. The van der Waals surface area contributed by atoms with Gasteiger partial charge in [-0.3, -0.25) is 4.79 Å². The lowest BCUT2D eigenvalue weighted by molar-refractivity contribution is 0.0964. The number of fused-ring (bicyclic) bond motifs is 2. The third kappa shape index (κ3) is 3.90. The molecule has 10 nitrogen and oxygen atoms in total. The largest absolute Gasteiger partial charge is 0.479 e. The van der Waals surface area contributed by atoms with Gasteiger partial charge in [-0.2, -0.15) is 15.3 Å². The number of nitriles is 1. The molecule has 0 spiro atoms. The first-order valence-electron chi connectivity index (χ1n) is 11.4. The van der Waals surface area contributed by atoms with E-state index >= 15 is 4.39 Å². The first kappa shape index (κ1) is 22.6. The number of nitrogens with one attached hydrogen (secondary N) is 2. The number of pyridine rings is 1. The number of ether oxygens (including phenoxy) is 1. The number of rotatable bonds is 5. The molecule has 2 N–H and O–H groups in total. The second-order valence-electron chi connectivity index (χ2n) is 9.06. The Labute approximate surface area is 200 Å². The molecule has 0 atom stereocenters. The quantitative estimate of drug-likeness (QED) is 0.452. The van der Waals surface area contributed by atoms with E-state index < -0.39 is 5.82 Å². The maximum Gasteiger partial charge on any atom is 0.254 e. The van der Waals surface area contributed by atoms with Gasteiger partial charge in [-0.15, -0.1) is 5.10 Å². The summed E-state index contributed by atoms with van der Waals surface area (Å²) >= 11 is 0. The van der Waals surface area contributed by atoms with Crippen LogP contribution >= 0.6 is 0 Å². The van der Waals surface area contributed by atoms with Crippen LogP contribution in [0, 0.1) is 22.6 Å². The van der Waals surface area contributed by atoms with Gasteiger partial charge >= 0.3 is 0 Å². The Morgan fingerprint density at radius 2 is 2.11 bits per heavy atom. The highest BCUT2D eigenvalue weighted by atomic mass is 19.1. The van der Waals surface area contributed by atoms with Crippen molar-refractivity contribution < 1.29 is 13.9 Å². The van der Waals surface area contributed by atoms with Crippen molar-refractivity contribution in [3.8, 4) is 23.1 Å². The summed E-state index contributed by atoms with van der Waals surface area (Å²) in [7, 11) is 3.02. The predicted octanol–water partition coefficient (Wildman–Crippen LogP) is 3.44. The summed E-state index contributed by atoms with van der Waals surface area (Å²) in [5, 5.41) is 23.9. The third-order valence-electron chi connectivity index (χ3n) is 6.72. The van der Waals surface area contributed by atoms with Gasteiger partial charge in [-0.25, -0.2) is 13.4 Å². The minimum atomic E-state index is -0.498. The normalized spacial score (nSPS) is 20.0. The second-order valence-corrected chi connectivity index (χ2v) is 9.06. The zero-order valence-corrected chi connectivity index (χ0v) is 19.7. The first-order valence-corrected chi connectivity index (χ1v) is 11.4. The number of halogens is 1. The Kier molecular flexibility index (Phi) is 5.51. The van der Waals surface area contributed by atoms with Crippen LogP contribution in [-0.2, 0) is 0 Å². The predicted molar refractivity (Wildman–Crippen MR) is 127 cm³/mol. The molecule has 1 amide bonds. The van der Waals surface area contributed by atoms with Gasteiger partial charge in [0.2, 0.25) is 11.8 Å². The molecule has 0 saturated heterocycles. The molecule has 5 rings (SSSR count). The van der Waals surface area contributed by atoms with Crippen LogP contribution in [0.3, 0.4) is 0 Å². The fourth-order valence-electron chi connectivity index (χ4n) is 4.64. The maximum atomic E-state index is 15.3. The zero-order chi connectivity index (χ0) is 24.7. The van der Waals surface area contributed by atoms with E-state index in [1.807, 2.05) is 6.92 Å². The zero-order valence-electron chi connectivity index (χ0n) is 19.7. The Morgan fingerprint density at radius 3 is 2.80 bits per heavy atom. The van der Waals surface area contributed by atoms with Gasteiger partial charge in [0.15, 0.2) is 5.82 Å². The molecular formula is C24H25FN8O2. The Balaban J connectivity index is 1.53. The van der Waals surface area contributed by atoms with Crippen LogP contribution in [0.1, 0.15) is 43.0 Å². The number of nitrogens with zero attached hydrogens (tertiary/aromatic N) is 6. The van der Waals surface area contributed by atoms with Crippen molar-refractivity contribution in [1.82, 2.24) is 29.5 Å². The smallest absolute Gasteiger partial charge is 0.254 e. The first-order chi connectivity index (χ1) is 16.9. The van der Waals surface area contributed by atoms with E-state index in [2.05, 4.69) is 31.9 Å². The van der Waals surface area contributed by atoms with Crippen molar-refractivity contribution >= 4 is 22.9 Å². The van der Waals surface area contributed by atoms with Crippen molar-refractivity contribution in [2.75, 3.05) is 19.5 Å². The molecule has 1 fully saturated rings. The SMILES string of the molecule is CNC(=O)c1cnn2ccc(-c3c(F)cn4nc(NC5CCC(C)(C#N)CC5)nc(OC)c34)cc12. The highest BCUT2D eigenvalue weighted by molar-refractivity contribution is 6.01. The number of methoxy groups -OCH3 is 1. The maximum absolute atomic E-state index is 15.3. The van der Waals surface area contributed by atoms with Crippen molar-refractivity contribution in [2.45, 2.75) is 38.6 Å². The van der Waals surface area contributed by atoms with Crippen LogP contribution in [0.2, 0.25) is 0 Å². The minimum absolute atomic E-state index is 0.117. The van der Waals surface area contributed by atoms with Gasteiger partial charge in [0.1, 0.15) is 5.52 Å². The highest BCUT2D eigenvalue weighted by Gasteiger charge is 2.31. The Morgan fingerprint density at radius 1 is 1.34 bits per heavy atom. The van der Waals surface area contributed by atoms with E-state index in [1.54, 1.807) is 29.9 Å². The molecule has 0 unspecified atom stereocenters. The van der Waals surface area contributed by atoms with Gasteiger partial charge in [0.25, 0.3) is 5.91 Å². The molecule has 0 aliphatic heterocycles. The minimum Gasteiger partial charge on any atom is -0.479 e. The van der Waals surface area contributed by atoms with E-state index in [0.29, 0.717) is 28.1 Å². The second kappa shape index (κ2) is 8.54. The number of hydrogen-bond donors (Lipinski definition) is 2. The summed E-state index contributed by atoms with van der Waals surface area (Å²) in [4.78, 5) is 16.7. The van der Waals surface area contributed by atoms with Crippen LogP contribution in [0.5, 0.6) is 5.88 Å². The topological polar surface area (TPSA) is 122 Å². The number of hydrogen-bond acceptors (Lipinski definition) is 7. The van der Waals surface area contributed by atoms with E-state index in [9.17, 15) is 10.1 Å². The number of amides is 1. The van der Waals surface area contributed by atoms with E-state index in [4.69, 9.17) is 4.74 Å². The lowest BCUT2D eigenvalue weighted by Crippen LogP contribution is -2.31. The van der Waals surface area contributed by atoms with Crippen LogP contribution in [-0.4, -0.2) is 50.3 Å². The molecule has 4 aromatic heterocycles. The van der Waals surface area contributed by atoms with Gasteiger partial charge in [-0.1, -0.05) is 0 Å². The van der Waals surface area contributed by atoms with Crippen molar-refractivity contribution in [1.29, 1.82) is 5.26 Å².